The molecule has 0 aliphatic heterocycles. The molecule has 0 aliphatic rings. The van der Waals surface area contributed by atoms with Gasteiger partial charge < -0.3 is 5.32 Å². The predicted octanol–water partition coefficient (Wildman–Crippen LogP) is 3.39. The molecule has 0 atom stereocenters. The molecular weight excluding hydrogens is 452 g/mol. The van der Waals surface area contributed by atoms with E-state index >= 15 is 0 Å². The first kappa shape index (κ1) is 21.8. The van der Waals surface area contributed by atoms with Crippen molar-refractivity contribution in [2.24, 2.45) is 0 Å². The maximum atomic E-state index is 13.3. The number of nitrogens with zero attached hydrogens (tertiary/aromatic N) is 5. The third kappa shape index (κ3) is 4.27. The Bertz CT molecular complexity index is 1540. The van der Waals surface area contributed by atoms with Crippen LogP contribution in [-0.2, 0) is 24.3 Å². The average molecular weight is 473 g/mol. The lowest BCUT2D eigenvalue weighted by Gasteiger charge is -2.12. The molecule has 0 aliphatic carbocycles. The molecule has 0 radical (unpaired) electrons. The number of carbonyl (C=O) groups is 1. The summed E-state index contributed by atoms with van der Waals surface area (Å²) in [7, 11) is 0. The molecule has 0 bridgehead atoms. The zero-order valence-corrected chi connectivity index (χ0v) is 18.9. The van der Waals surface area contributed by atoms with Gasteiger partial charge in [0.2, 0.25) is 11.7 Å². The maximum absolute atomic E-state index is 13.3. The fraction of sp³-hybridized carbons (Fsp3) is 0.160. The predicted molar refractivity (Wildman–Crippen MR) is 130 cm³/mol. The van der Waals surface area contributed by atoms with E-state index in [1.165, 1.54) is 0 Å². The van der Waals surface area contributed by atoms with Gasteiger partial charge in [0.05, 0.1) is 17.4 Å². The summed E-state index contributed by atoms with van der Waals surface area (Å²) in [6.07, 6.45) is 4.02. The summed E-state index contributed by atoms with van der Waals surface area (Å²) < 4.78 is 3.42. The Balaban J connectivity index is 1.47. The third-order valence-corrected chi connectivity index (χ3v) is 6.02. The fourth-order valence-corrected chi connectivity index (χ4v) is 4.13. The largest absolute Gasteiger partial charge is 0.352 e. The first-order chi connectivity index (χ1) is 16.6. The Morgan fingerprint density at radius 3 is 2.65 bits per heavy atom. The Kier molecular flexibility index (Phi) is 6.05. The zero-order chi connectivity index (χ0) is 23.5. The molecule has 1 amide bonds. The van der Waals surface area contributed by atoms with Crippen molar-refractivity contribution in [3.63, 3.8) is 0 Å². The van der Waals surface area contributed by atoms with E-state index in [0.29, 0.717) is 40.5 Å². The van der Waals surface area contributed by atoms with E-state index < -0.39 is 0 Å². The van der Waals surface area contributed by atoms with Crippen LogP contribution in [0.5, 0.6) is 0 Å². The molecule has 170 valence electrons. The van der Waals surface area contributed by atoms with Gasteiger partial charge >= 0.3 is 0 Å². The van der Waals surface area contributed by atoms with Crippen LogP contribution in [0.4, 0.5) is 0 Å². The van der Waals surface area contributed by atoms with Crippen LogP contribution < -0.4 is 10.9 Å². The molecule has 1 N–H and O–H groups in total. The van der Waals surface area contributed by atoms with Crippen molar-refractivity contribution in [2.45, 2.75) is 25.9 Å². The molecule has 0 spiro atoms. The Hall–Kier alpha value is -4.04. The molecule has 5 rings (SSSR count). The minimum absolute atomic E-state index is 0.103. The number of aryl methyl sites for hydroxylation is 1. The van der Waals surface area contributed by atoms with Crippen molar-refractivity contribution in [3.8, 4) is 0 Å². The number of rotatable bonds is 7. The van der Waals surface area contributed by atoms with Gasteiger partial charge in [-0.05, 0) is 35.4 Å². The number of benzene rings is 2. The van der Waals surface area contributed by atoms with Crippen molar-refractivity contribution in [2.75, 3.05) is 0 Å². The fourth-order valence-electron chi connectivity index (χ4n) is 3.93. The molecule has 0 unspecified atom stereocenters. The van der Waals surface area contributed by atoms with Gasteiger partial charge in [0, 0.05) is 36.8 Å². The number of fused-ring (bicyclic) bond motifs is 3. The van der Waals surface area contributed by atoms with E-state index in [4.69, 9.17) is 11.6 Å². The number of carbonyl (C=O) groups excluding carboxylic acids is 1. The summed E-state index contributed by atoms with van der Waals surface area (Å²) in [6.45, 7) is 0.671. The second kappa shape index (κ2) is 9.44. The molecule has 0 saturated carbocycles. The zero-order valence-electron chi connectivity index (χ0n) is 18.2. The summed E-state index contributed by atoms with van der Waals surface area (Å²) in [5, 5.41) is 12.7. The first-order valence-electron chi connectivity index (χ1n) is 10.9. The normalized spacial score (nSPS) is 11.2. The van der Waals surface area contributed by atoms with Gasteiger partial charge in [0.25, 0.3) is 5.56 Å². The number of hydrogen-bond acceptors (Lipinski definition) is 5. The summed E-state index contributed by atoms with van der Waals surface area (Å²) >= 11 is 6.35. The second-order valence-electron chi connectivity index (χ2n) is 7.89. The summed E-state index contributed by atoms with van der Waals surface area (Å²) in [6, 6.07) is 18.5. The molecule has 9 heteroatoms. The molecule has 0 fully saturated rings. The van der Waals surface area contributed by atoms with Gasteiger partial charge in [0.1, 0.15) is 5.82 Å². The van der Waals surface area contributed by atoms with Crippen LogP contribution in [-0.4, -0.2) is 30.1 Å². The highest BCUT2D eigenvalue weighted by molar-refractivity contribution is 6.31. The number of para-hydroxylation sites is 1. The van der Waals surface area contributed by atoms with Crippen LogP contribution in [0.25, 0.3) is 16.7 Å². The van der Waals surface area contributed by atoms with Crippen molar-refractivity contribution in [3.05, 3.63) is 105 Å². The molecule has 5 aromatic rings. The van der Waals surface area contributed by atoms with Crippen LogP contribution in [0.15, 0.2) is 77.9 Å². The maximum Gasteiger partial charge on any atom is 0.263 e. The Morgan fingerprint density at radius 2 is 1.82 bits per heavy atom. The Labute approximate surface area is 199 Å². The van der Waals surface area contributed by atoms with Gasteiger partial charge in [-0.3, -0.25) is 23.5 Å². The number of pyridine rings is 1. The van der Waals surface area contributed by atoms with Crippen molar-refractivity contribution >= 4 is 34.2 Å². The summed E-state index contributed by atoms with van der Waals surface area (Å²) in [4.78, 5) is 29.8. The average Bonchev–Trinajstić information content (AvgIpc) is 3.30. The van der Waals surface area contributed by atoms with E-state index in [9.17, 15) is 9.59 Å². The van der Waals surface area contributed by atoms with Crippen LogP contribution in [0.2, 0.25) is 5.02 Å². The van der Waals surface area contributed by atoms with Gasteiger partial charge in [-0.25, -0.2) is 0 Å². The van der Waals surface area contributed by atoms with Gasteiger partial charge in [0.15, 0.2) is 0 Å². The molecule has 3 heterocycles. The standard InChI is InChI=1S/C25H21ClN6O2/c26-20-9-3-1-7-18(20)16-31-24(34)19-8-2-4-10-21(19)32-22(29-30-25(31)32)11-12-23(33)28-15-17-6-5-13-27-14-17/h1-10,13-14H,11-12,15-16H2,(H,28,33). The summed E-state index contributed by atoms with van der Waals surface area (Å²) in [5.41, 5.74) is 2.27. The minimum Gasteiger partial charge on any atom is -0.352 e. The van der Waals surface area contributed by atoms with Gasteiger partial charge in [-0.1, -0.05) is 48.0 Å². The van der Waals surface area contributed by atoms with Crippen molar-refractivity contribution < 1.29 is 4.79 Å². The molecule has 0 saturated heterocycles. The monoisotopic (exact) mass is 472 g/mol. The van der Waals surface area contributed by atoms with Gasteiger partial charge in [-0.15, -0.1) is 10.2 Å². The number of halogens is 1. The molecular formula is C25H21ClN6O2. The highest BCUT2D eigenvalue weighted by Crippen LogP contribution is 2.19. The van der Waals surface area contributed by atoms with E-state index in [1.807, 2.05) is 52.9 Å². The lowest BCUT2D eigenvalue weighted by molar-refractivity contribution is -0.121. The lowest BCUT2D eigenvalue weighted by atomic mass is 10.2. The molecule has 3 aromatic heterocycles. The minimum atomic E-state index is -0.170. The first-order valence-corrected chi connectivity index (χ1v) is 11.2. The van der Waals surface area contributed by atoms with E-state index in [0.717, 1.165) is 11.1 Å². The van der Waals surface area contributed by atoms with E-state index in [2.05, 4.69) is 20.5 Å². The lowest BCUT2D eigenvalue weighted by Crippen LogP contribution is -2.25. The smallest absolute Gasteiger partial charge is 0.263 e. The van der Waals surface area contributed by atoms with Crippen molar-refractivity contribution in [1.29, 1.82) is 0 Å². The Morgan fingerprint density at radius 1 is 1.00 bits per heavy atom. The van der Waals surface area contributed by atoms with Crippen LogP contribution in [0.3, 0.4) is 0 Å². The van der Waals surface area contributed by atoms with Crippen molar-refractivity contribution in [1.82, 2.24) is 29.5 Å². The van der Waals surface area contributed by atoms with Crippen LogP contribution >= 0.6 is 11.6 Å². The quantitative estimate of drug-likeness (QED) is 0.392. The SMILES string of the molecule is O=C(CCc1nnc2n(Cc3ccccc3Cl)c(=O)c3ccccc3n12)NCc1cccnc1. The molecule has 34 heavy (non-hydrogen) atoms. The summed E-state index contributed by atoms with van der Waals surface area (Å²) in [5.74, 6) is 0.916. The van der Waals surface area contributed by atoms with E-state index in [1.54, 1.807) is 29.1 Å². The third-order valence-electron chi connectivity index (χ3n) is 5.65. The van der Waals surface area contributed by atoms with Crippen LogP contribution in [0, 0.1) is 0 Å². The van der Waals surface area contributed by atoms with Crippen LogP contribution in [0.1, 0.15) is 23.4 Å². The number of aromatic nitrogens is 5. The number of nitrogens with one attached hydrogen (secondary N) is 1. The number of hydrogen-bond donors (Lipinski definition) is 1. The molecule has 8 nitrogen and oxygen atoms in total. The highest BCUT2D eigenvalue weighted by atomic mass is 35.5. The van der Waals surface area contributed by atoms with E-state index in [-0.39, 0.29) is 24.4 Å². The van der Waals surface area contributed by atoms with Gasteiger partial charge in [-0.2, -0.15) is 0 Å². The topological polar surface area (TPSA) is 94.2 Å². The molecule has 2 aromatic carbocycles. The second-order valence-corrected chi connectivity index (χ2v) is 8.30. The highest BCUT2D eigenvalue weighted by Gasteiger charge is 2.18. The number of amides is 1.